The van der Waals surface area contributed by atoms with Gasteiger partial charge in [0, 0.05) is 11.1 Å². The fourth-order valence-corrected chi connectivity index (χ4v) is 3.35. The molecule has 24 heavy (non-hydrogen) atoms. The molecule has 0 aromatic carbocycles. The molecular formula is C17H19N5OS. The van der Waals surface area contributed by atoms with Gasteiger partial charge in [-0.3, -0.25) is 9.78 Å². The number of pyridine rings is 1. The topological polar surface area (TPSA) is 108 Å². The third-order valence-electron chi connectivity index (χ3n) is 3.61. The Labute approximate surface area is 144 Å². The summed E-state index contributed by atoms with van der Waals surface area (Å²) in [7, 11) is 0. The smallest absolute Gasteiger partial charge is 0.260 e. The Morgan fingerprint density at radius 2 is 1.88 bits per heavy atom. The number of nitrogens with two attached hydrogens (primary N) is 2. The fraction of sp³-hybridized carbons (Fsp3) is 0.294. The molecule has 0 saturated heterocycles. The van der Waals surface area contributed by atoms with E-state index in [4.69, 9.17) is 16.5 Å². The quantitative estimate of drug-likeness (QED) is 0.745. The second-order valence-electron chi connectivity index (χ2n) is 6.70. The van der Waals surface area contributed by atoms with Gasteiger partial charge in [0.25, 0.3) is 5.91 Å². The van der Waals surface area contributed by atoms with Gasteiger partial charge in [0.2, 0.25) is 0 Å². The second kappa shape index (κ2) is 5.52. The normalized spacial score (nSPS) is 11.8. The summed E-state index contributed by atoms with van der Waals surface area (Å²) in [5.74, 6) is 0.113. The number of primary amides is 1. The van der Waals surface area contributed by atoms with Crippen molar-refractivity contribution in [1.82, 2.24) is 15.0 Å². The van der Waals surface area contributed by atoms with Crippen LogP contribution in [0.25, 0.3) is 21.6 Å². The minimum absolute atomic E-state index is 0.252. The van der Waals surface area contributed by atoms with E-state index in [1.54, 1.807) is 0 Å². The van der Waals surface area contributed by atoms with Gasteiger partial charge in [-0.2, -0.15) is 0 Å². The van der Waals surface area contributed by atoms with E-state index in [0.29, 0.717) is 38.0 Å². The standard InChI is InChI=1S/C17H19N5OS/c1-8-6-5-7-9(20-8)12-10-11(18)13(14(19)23)24-15(10)22-16(21-12)17(2,3)4/h5-7H,18H2,1-4H3,(H2,19,23). The van der Waals surface area contributed by atoms with Crippen molar-refractivity contribution in [3.63, 3.8) is 0 Å². The predicted molar refractivity (Wildman–Crippen MR) is 97.0 cm³/mol. The van der Waals surface area contributed by atoms with Gasteiger partial charge >= 0.3 is 0 Å². The highest BCUT2D eigenvalue weighted by Crippen LogP contribution is 2.39. The first-order chi connectivity index (χ1) is 11.2. The third-order valence-corrected chi connectivity index (χ3v) is 4.73. The van der Waals surface area contributed by atoms with Crippen LogP contribution in [0.1, 0.15) is 42.0 Å². The molecule has 0 bridgehead atoms. The zero-order chi connectivity index (χ0) is 17.6. The van der Waals surface area contributed by atoms with Crippen molar-refractivity contribution in [2.45, 2.75) is 33.1 Å². The molecule has 3 rings (SSSR count). The first-order valence-corrected chi connectivity index (χ1v) is 8.34. The molecule has 0 saturated carbocycles. The number of fused-ring (bicyclic) bond motifs is 1. The molecule has 3 aromatic heterocycles. The number of hydrogen-bond donors (Lipinski definition) is 2. The van der Waals surface area contributed by atoms with Crippen LogP contribution in [0.2, 0.25) is 0 Å². The first kappa shape index (κ1) is 16.3. The van der Waals surface area contributed by atoms with Crippen LogP contribution in [-0.2, 0) is 5.41 Å². The van der Waals surface area contributed by atoms with Crippen molar-refractivity contribution in [2.24, 2.45) is 5.73 Å². The minimum atomic E-state index is -0.559. The molecule has 0 aliphatic heterocycles. The van der Waals surface area contributed by atoms with Gasteiger partial charge < -0.3 is 11.5 Å². The van der Waals surface area contributed by atoms with Crippen molar-refractivity contribution >= 4 is 33.1 Å². The van der Waals surface area contributed by atoms with Crippen LogP contribution in [0.3, 0.4) is 0 Å². The monoisotopic (exact) mass is 341 g/mol. The number of rotatable bonds is 2. The van der Waals surface area contributed by atoms with Crippen LogP contribution in [0.15, 0.2) is 18.2 Å². The molecule has 0 aliphatic carbocycles. The summed E-state index contributed by atoms with van der Waals surface area (Å²) < 4.78 is 0. The average Bonchev–Trinajstić information content (AvgIpc) is 2.83. The highest BCUT2D eigenvalue weighted by atomic mass is 32.1. The maximum absolute atomic E-state index is 11.7. The van der Waals surface area contributed by atoms with E-state index in [0.717, 1.165) is 5.69 Å². The van der Waals surface area contributed by atoms with Crippen molar-refractivity contribution in [3.05, 3.63) is 34.6 Å². The molecule has 7 heteroatoms. The van der Waals surface area contributed by atoms with Crippen LogP contribution in [-0.4, -0.2) is 20.9 Å². The van der Waals surface area contributed by atoms with Gasteiger partial charge in [-0.1, -0.05) is 26.8 Å². The Kier molecular flexibility index (Phi) is 3.76. The fourth-order valence-electron chi connectivity index (χ4n) is 2.40. The summed E-state index contributed by atoms with van der Waals surface area (Å²) in [6.45, 7) is 8.02. The largest absolute Gasteiger partial charge is 0.397 e. The van der Waals surface area contributed by atoms with Gasteiger partial charge in [-0.25, -0.2) is 9.97 Å². The molecule has 6 nitrogen and oxygen atoms in total. The predicted octanol–water partition coefficient (Wildman–Crippen LogP) is 3.04. The number of carbonyl (C=O) groups excluding carboxylic acids is 1. The molecule has 124 valence electrons. The molecule has 1 amide bonds. The summed E-state index contributed by atoms with van der Waals surface area (Å²) in [5.41, 5.74) is 13.9. The van der Waals surface area contributed by atoms with Gasteiger partial charge in [0.05, 0.1) is 16.8 Å². The molecule has 0 aliphatic rings. The minimum Gasteiger partial charge on any atom is -0.397 e. The van der Waals surface area contributed by atoms with Crippen LogP contribution in [0, 0.1) is 6.92 Å². The van der Waals surface area contributed by atoms with E-state index < -0.39 is 5.91 Å². The number of aryl methyl sites for hydroxylation is 1. The lowest BCUT2D eigenvalue weighted by Gasteiger charge is -2.17. The zero-order valence-electron chi connectivity index (χ0n) is 14.0. The van der Waals surface area contributed by atoms with Gasteiger partial charge in [-0.05, 0) is 19.1 Å². The molecular weight excluding hydrogens is 322 g/mol. The number of hydrogen-bond acceptors (Lipinski definition) is 6. The van der Waals surface area contributed by atoms with Crippen LogP contribution in [0.4, 0.5) is 5.69 Å². The Balaban J connectivity index is 2.42. The van der Waals surface area contributed by atoms with Crippen molar-refractivity contribution in [3.8, 4) is 11.4 Å². The van der Waals surface area contributed by atoms with Gasteiger partial charge in [0.15, 0.2) is 0 Å². The Morgan fingerprint density at radius 3 is 2.46 bits per heavy atom. The lowest BCUT2D eigenvalue weighted by Crippen LogP contribution is -2.16. The highest BCUT2D eigenvalue weighted by molar-refractivity contribution is 7.21. The van der Waals surface area contributed by atoms with E-state index >= 15 is 0 Å². The lowest BCUT2D eigenvalue weighted by atomic mass is 9.95. The molecule has 0 fully saturated rings. The zero-order valence-corrected chi connectivity index (χ0v) is 14.9. The van der Waals surface area contributed by atoms with Gasteiger partial charge in [-0.15, -0.1) is 11.3 Å². The van der Waals surface area contributed by atoms with Crippen molar-refractivity contribution in [1.29, 1.82) is 0 Å². The summed E-state index contributed by atoms with van der Waals surface area (Å²) in [4.78, 5) is 26.5. The number of amides is 1. The summed E-state index contributed by atoms with van der Waals surface area (Å²) >= 11 is 1.20. The molecule has 0 radical (unpaired) electrons. The third kappa shape index (κ3) is 2.71. The van der Waals surface area contributed by atoms with E-state index in [1.165, 1.54) is 11.3 Å². The van der Waals surface area contributed by atoms with Crippen LogP contribution >= 0.6 is 11.3 Å². The number of thiophene rings is 1. The molecule has 3 aromatic rings. The van der Waals surface area contributed by atoms with Gasteiger partial charge in [0.1, 0.15) is 21.2 Å². The Hall–Kier alpha value is -2.54. The molecule has 0 spiro atoms. The second-order valence-corrected chi connectivity index (χ2v) is 7.70. The highest BCUT2D eigenvalue weighted by Gasteiger charge is 2.25. The molecule has 0 unspecified atom stereocenters. The summed E-state index contributed by atoms with van der Waals surface area (Å²) in [6.07, 6.45) is 0. The number of nitrogens with zero attached hydrogens (tertiary/aromatic N) is 3. The van der Waals surface area contributed by atoms with E-state index in [9.17, 15) is 4.79 Å². The van der Waals surface area contributed by atoms with Crippen LogP contribution < -0.4 is 11.5 Å². The number of nitrogen functional groups attached to an aromatic ring is 1. The Bertz CT molecular complexity index is 956. The lowest BCUT2D eigenvalue weighted by molar-refractivity contribution is 0.100. The maximum Gasteiger partial charge on any atom is 0.260 e. The number of aromatic nitrogens is 3. The molecule has 0 atom stereocenters. The van der Waals surface area contributed by atoms with E-state index in [1.807, 2.05) is 45.9 Å². The van der Waals surface area contributed by atoms with Crippen molar-refractivity contribution < 1.29 is 4.79 Å². The molecule has 3 heterocycles. The van der Waals surface area contributed by atoms with Crippen molar-refractivity contribution in [2.75, 3.05) is 5.73 Å². The maximum atomic E-state index is 11.7. The SMILES string of the molecule is Cc1cccc(-c2nc(C(C)(C)C)nc3sc(C(N)=O)c(N)c23)n1. The number of anilines is 1. The Morgan fingerprint density at radius 1 is 1.17 bits per heavy atom. The van der Waals surface area contributed by atoms with E-state index in [2.05, 4.69) is 9.97 Å². The average molecular weight is 341 g/mol. The summed E-state index contributed by atoms with van der Waals surface area (Å²) in [6, 6.07) is 5.71. The van der Waals surface area contributed by atoms with E-state index in [-0.39, 0.29) is 5.41 Å². The number of carbonyl (C=O) groups is 1. The summed E-state index contributed by atoms with van der Waals surface area (Å²) in [5, 5.41) is 0.639. The first-order valence-electron chi connectivity index (χ1n) is 7.53. The van der Waals surface area contributed by atoms with Crippen LogP contribution in [0.5, 0.6) is 0 Å². The molecule has 4 N–H and O–H groups in total.